The molecule has 138 valence electrons. The van der Waals surface area contributed by atoms with E-state index in [0.29, 0.717) is 23.1 Å². The summed E-state index contributed by atoms with van der Waals surface area (Å²) in [5, 5.41) is 11.7. The van der Waals surface area contributed by atoms with Crippen LogP contribution in [0.4, 0.5) is 5.00 Å². The predicted octanol–water partition coefficient (Wildman–Crippen LogP) is 2.48. The number of amides is 1. The van der Waals surface area contributed by atoms with Crippen LogP contribution in [0.25, 0.3) is 0 Å². The largest absolute Gasteiger partial charge is 0.480 e. The first-order valence-corrected chi connectivity index (χ1v) is 9.15. The Bertz CT molecular complexity index is 654. The van der Waals surface area contributed by atoms with Crippen LogP contribution in [-0.4, -0.2) is 42.8 Å². The van der Waals surface area contributed by atoms with Crippen LogP contribution in [0.3, 0.4) is 0 Å². The predicted molar refractivity (Wildman–Crippen MR) is 93.2 cm³/mol. The fourth-order valence-electron chi connectivity index (χ4n) is 2.72. The zero-order valence-corrected chi connectivity index (χ0v) is 15.2. The summed E-state index contributed by atoms with van der Waals surface area (Å²) in [6.07, 6.45) is 3.38. The third kappa shape index (κ3) is 5.27. The summed E-state index contributed by atoms with van der Waals surface area (Å²) >= 11 is 1.39. The molecule has 1 aromatic rings. The van der Waals surface area contributed by atoms with Gasteiger partial charge in [0.1, 0.15) is 18.2 Å². The van der Waals surface area contributed by atoms with Gasteiger partial charge in [0, 0.05) is 4.88 Å². The second kappa shape index (κ2) is 8.96. The lowest BCUT2D eigenvalue weighted by atomic mass is 9.88. The van der Waals surface area contributed by atoms with Crippen molar-refractivity contribution in [3.63, 3.8) is 0 Å². The van der Waals surface area contributed by atoms with E-state index in [1.807, 2.05) is 6.92 Å². The van der Waals surface area contributed by atoms with Gasteiger partial charge in [-0.15, -0.1) is 11.3 Å². The van der Waals surface area contributed by atoms with Crippen LogP contribution in [-0.2, 0) is 31.9 Å². The number of aliphatic carboxylic acids is 1. The molecule has 8 heteroatoms. The number of hydrogen-bond acceptors (Lipinski definition) is 6. The van der Waals surface area contributed by atoms with Crippen molar-refractivity contribution in [1.29, 1.82) is 0 Å². The van der Waals surface area contributed by atoms with Crippen LogP contribution in [0.2, 0.25) is 0 Å². The van der Waals surface area contributed by atoms with Crippen LogP contribution < -0.4 is 5.32 Å². The minimum atomic E-state index is -1.14. The molecule has 1 aliphatic rings. The summed E-state index contributed by atoms with van der Waals surface area (Å²) < 4.78 is 10.1. The highest BCUT2D eigenvalue weighted by Crippen LogP contribution is 2.40. The van der Waals surface area contributed by atoms with Crippen molar-refractivity contribution < 1.29 is 29.0 Å². The molecule has 1 unspecified atom stereocenters. The molecule has 0 fully saturated rings. The Morgan fingerprint density at radius 3 is 2.76 bits per heavy atom. The van der Waals surface area contributed by atoms with Gasteiger partial charge >= 0.3 is 11.9 Å². The van der Waals surface area contributed by atoms with E-state index in [4.69, 9.17) is 14.6 Å². The number of rotatable bonds is 8. The van der Waals surface area contributed by atoms with E-state index in [1.54, 1.807) is 0 Å². The van der Waals surface area contributed by atoms with Crippen molar-refractivity contribution in [3.8, 4) is 0 Å². The van der Waals surface area contributed by atoms with Gasteiger partial charge in [-0.05, 0) is 37.2 Å². The topological polar surface area (TPSA) is 102 Å². The Morgan fingerprint density at radius 1 is 1.32 bits per heavy atom. The molecule has 0 saturated heterocycles. The highest BCUT2D eigenvalue weighted by atomic mass is 32.1. The average molecular weight is 369 g/mol. The fourth-order valence-corrected chi connectivity index (χ4v) is 4.13. The number of nitrogens with one attached hydrogen (secondary N) is 1. The van der Waals surface area contributed by atoms with Crippen LogP contribution in [0, 0.1) is 5.92 Å². The highest BCUT2D eigenvalue weighted by Gasteiger charge is 2.29. The summed E-state index contributed by atoms with van der Waals surface area (Å²) in [5.41, 5.74) is 1.40. The monoisotopic (exact) mass is 369 g/mol. The molecular formula is C17H23NO6S. The van der Waals surface area contributed by atoms with E-state index in [0.717, 1.165) is 36.1 Å². The normalized spacial score (nSPS) is 16.2. The molecule has 0 saturated carbocycles. The van der Waals surface area contributed by atoms with Crippen molar-refractivity contribution in [2.24, 2.45) is 5.92 Å². The second-order valence-corrected chi connectivity index (χ2v) is 7.23. The summed E-state index contributed by atoms with van der Waals surface area (Å²) in [7, 11) is 0. The van der Waals surface area contributed by atoms with E-state index in [2.05, 4.69) is 12.2 Å². The number of ether oxygens (including phenoxy) is 2. The van der Waals surface area contributed by atoms with E-state index in [-0.39, 0.29) is 6.61 Å². The molecule has 0 bridgehead atoms. The third-order valence-electron chi connectivity index (χ3n) is 3.86. The van der Waals surface area contributed by atoms with Gasteiger partial charge in [0.15, 0.2) is 0 Å². The van der Waals surface area contributed by atoms with Crippen molar-refractivity contribution in [2.45, 2.75) is 39.5 Å². The molecule has 0 aromatic carbocycles. The third-order valence-corrected chi connectivity index (χ3v) is 5.03. The number of carbonyl (C=O) groups excluding carboxylic acids is 2. The van der Waals surface area contributed by atoms with Gasteiger partial charge in [-0.3, -0.25) is 4.79 Å². The maximum atomic E-state index is 12.4. The molecule has 0 aliphatic heterocycles. The molecule has 7 nitrogen and oxygen atoms in total. The molecule has 1 aliphatic carbocycles. The number of carbonyl (C=O) groups is 3. The SMILES string of the molecule is CCCOC(=O)c1c(NC(=O)COCC(=O)O)sc2c1CCC(C)C2. The summed E-state index contributed by atoms with van der Waals surface area (Å²) in [6.45, 7) is 3.48. The number of hydrogen-bond donors (Lipinski definition) is 2. The zero-order valence-electron chi connectivity index (χ0n) is 14.4. The molecule has 1 heterocycles. The smallest absolute Gasteiger partial charge is 0.341 e. The lowest BCUT2D eigenvalue weighted by molar-refractivity contribution is -0.143. The molecule has 0 radical (unpaired) electrons. The van der Waals surface area contributed by atoms with Gasteiger partial charge in [-0.2, -0.15) is 0 Å². The standard InChI is InChI=1S/C17H23NO6S/c1-3-6-24-17(22)15-11-5-4-10(2)7-12(11)25-16(15)18-13(19)8-23-9-14(20)21/h10H,3-9H2,1-2H3,(H,18,19)(H,20,21). The Balaban J connectivity index is 2.16. The summed E-state index contributed by atoms with van der Waals surface area (Å²) in [6, 6.07) is 0. The minimum absolute atomic E-state index is 0.328. The maximum Gasteiger partial charge on any atom is 0.341 e. The molecule has 25 heavy (non-hydrogen) atoms. The molecule has 0 spiro atoms. The van der Waals surface area contributed by atoms with E-state index >= 15 is 0 Å². The highest BCUT2D eigenvalue weighted by molar-refractivity contribution is 7.17. The Morgan fingerprint density at radius 2 is 2.08 bits per heavy atom. The Kier molecular flexibility index (Phi) is 6.95. The lowest BCUT2D eigenvalue weighted by Crippen LogP contribution is -2.22. The van der Waals surface area contributed by atoms with Gasteiger partial charge in [0.25, 0.3) is 5.91 Å². The number of fused-ring (bicyclic) bond motifs is 1. The van der Waals surface area contributed by atoms with Gasteiger partial charge in [-0.25, -0.2) is 9.59 Å². The van der Waals surface area contributed by atoms with Crippen molar-refractivity contribution in [3.05, 3.63) is 16.0 Å². The number of anilines is 1. The van der Waals surface area contributed by atoms with E-state index in [9.17, 15) is 14.4 Å². The van der Waals surface area contributed by atoms with Gasteiger partial charge in [0.05, 0.1) is 12.2 Å². The van der Waals surface area contributed by atoms with Crippen LogP contribution in [0.1, 0.15) is 47.5 Å². The zero-order chi connectivity index (χ0) is 18.4. The Labute approximate surface area is 150 Å². The summed E-state index contributed by atoms with van der Waals surface area (Å²) in [4.78, 5) is 36.0. The molecule has 2 N–H and O–H groups in total. The van der Waals surface area contributed by atoms with Crippen molar-refractivity contribution >= 4 is 34.2 Å². The van der Waals surface area contributed by atoms with Crippen LogP contribution in [0.5, 0.6) is 0 Å². The number of thiophene rings is 1. The lowest BCUT2D eigenvalue weighted by Gasteiger charge is -2.18. The molecule has 1 amide bonds. The Hall–Kier alpha value is -1.93. The van der Waals surface area contributed by atoms with Gasteiger partial charge < -0.3 is 19.9 Å². The number of esters is 1. The molecule has 1 aromatic heterocycles. The quantitative estimate of drug-likeness (QED) is 0.683. The molecule has 2 rings (SSSR count). The van der Waals surface area contributed by atoms with Crippen LogP contribution >= 0.6 is 11.3 Å². The number of carboxylic acids is 1. The minimum Gasteiger partial charge on any atom is -0.480 e. The van der Waals surface area contributed by atoms with E-state index in [1.165, 1.54) is 11.3 Å². The van der Waals surface area contributed by atoms with Crippen molar-refractivity contribution in [1.82, 2.24) is 0 Å². The average Bonchev–Trinajstić information content (AvgIpc) is 2.88. The number of carboxylic acid groups (broad SMARTS) is 1. The second-order valence-electron chi connectivity index (χ2n) is 6.13. The van der Waals surface area contributed by atoms with Gasteiger partial charge in [-0.1, -0.05) is 13.8 Å². The van der Waals surface area contributed by atoms with Crippen molar-refractivity contribution in [2.75, 3.05) is 25.1 Å². The van der Waals surface area contributed by atoms with Crippen LogP contribution in [0.15, 0.2) is 0 Å². The molecule has 1 atom stereocenters. The first-order chi connectivity index (χ1) is 11.9. The fraction of sp³-hybridized carbons (Fsp3) is 0.588. The molecular weight excluding hydrogens is 346 g/mol. The first-order valence-electron chi connectivity index (χ1n) is 8.33. The van der Waals surface area contributed by atoms with Gasteiger partial charge in [0.2, 0.25) is 0 Å². The maximum absolute atomic E-state index is 12.4. The summed E-state index contributed by atoms with van der Waals surface area (Å²) in [5.74, 6) is -1.52. The first kappa shape index (κ1) is 19.4. The van der Waals surface area contributed by atoms with E-state index < -0.39 is 24.5 Å².